The first-order valence-corrected chi connectivity index (χ1v) is 7.05. The molecule has 0 saturated carbocycles. The topological polar surface area (TPSA) is 34.1 Å². The lowest BCUT2D eigenvalue weighted by atomic mass is 10.1. The molecule has 20 heavy (non-hydrogen) atoms. The first-order valence-electron chi connectivity index (χ1n) is 7.05. The minimum atomic E-state index is 0.134. The predicted molar refractivity (Wildman–Crippen MR) is 81.7 cm³/mol. The second-order valence-electron chi connectivity index (χ2n) is 5.15. The SMILES string of the molecule is CC(C)Oc1ncccc1CNC(C)c1ccccc1. The Morgan fingerprint density at radius 3 is 2.50 bits per heavy atom. The van der Waals surface area contributed by atoms with Gasteiger partial charge in [0.2, 0.25) is 5.88 Å². The summed E-state index contributed by atoms with van der Waals surface area (Å²) in [6, 6.07) is 14.7. The zero-order chi connectivity index (χ0) is 14.4. The molecule has 0 aliphatic heterocycles. The van der Waals surface area contributed by atoms with Gasteiger partial charge in [-0.15, -0.1) is 0 Å². The number of aromatic nitrogens is 1. The molecule has 0 spiro atoms. The number of rotatable bonds is 6. The average molecular weight is 270 g/mol. The Bertz CT molecular complexity index is 526. The number of nitrogens with zero attached hydrogens (tertiary/aromatic N) is 1. The molecule has 1 unspecified atom stereocenters. The van der Waals surface area contributed by atoms with Gasteiger partial charge in [0.1, 0.15) is 0 Å². The molecule has 3 nitrogen and oxygen atoms in total. The van der Waals surface area contributed by atoms with E-state index in [9.17, 15) is 0 Å². The van der Waals surface area contributed by atoms with Crippen molar-refractivity contribution in [2.75, 3.05) is 0 Å². The highest BCUT2D eigenvalue weighted by molar-refractivity contribution is 5.26. The molecule has 0 amide bonds. The summed E-state index contributed by atoms with van der Waals surface area (Å²) in [5.74, 6) is 0.718. The third kappa shape index (κ3) is 4.07. The van der Waals surface area contributed by atoms with Gasteiger partial charge in [0.25, 0.3) is 0 Å². The quantitative estimate of drug-likeness (QED) is 0.868. The van der Waals surface area contributed by atoms with Gasteiger partial charge in [0, 0.05) is 24.3 Å². The highest BCUT2D eigenvalue weighted by Crippen LogP contribution is 2.18. The third-order valence-electron chi connectivity index (χ3n) is 3.10. The van der Waals surface area contributed by atoms with Gasteiger partial charge in [0.15, 0.2) is 0 Å². The van der Waals surface area contributed by atoms with Gasteiger partial charge in [-0.3, -0.25) is 0 Å². The maximum atomic E-state index is 5.73. The van der Waals surface area contributed by atoms with E-state index in [1.807, 2.05) is 26.0 Å². The Hall–Kier alpha value is -1.87. The van der Waals surface area contributed by atoms with Crippen molar-refractivity contribution in [2.45, 2.75) is 39.5 Å². The fraction of sp³-hybridized carbons (Fsp3) is 0.353. The van der Waals surface area contributed by atoms with Crippen molar-refractivity contribution in [3.8, 4) is 5.88 Å². The van der Waals surface area contributed by atoms with Crippen molar-refractivity contribution < 1.29 is 4.74 Å². The van der Waals surface area contributed by atoms with Gasteiger partial charge in [0.05, 0.1) is 6.10 Å². The molecule has 1 heterocycles. The Balaban J connectivity index is 2.00. The lowest BCUT2D eigenvalue weighted by Crippen LogP contribution is -2.19. The Labute approximate surface area is 121 Å². The van der Waals surface area contributed by atoms with Crippen LogP contribution in [0.25, 0.3) is 0 Å². The fourth-order valence-corrected chi connectivity index (χ4v) is 2.01. The Morgan fingerprint density at radius 2 is 1.80 bits per heavy atom. The van der Waals surface area contributed by atoms with Crippen molar-refractivity contribution in [3.63, 3.8) is 0 Å². The highest BCUT2D eigenvalue weighted by Gasteiger charge is 2.09. The molecular weight excluding hydrogens is 248 g/mol. The van der Waals surface area contributed by atoms with E-state index in [1.165, 1.54) is 5.56 Å². The van der Waals surface area contributed by atoms with Gasteiger partial charge in [-0.1, -0.05) is 36.4 Å². The van der Waals surface area contributed by atoms with Crippen LogP contribution in [0.15, 0.2) is 48.7 Å². The molecule has 2 rings (SSSR count). The fourth-order valence-electron chi connectivity index (χ4n) is 2.01. The van der Waals surface area contributed by atoms with E-state index in [0.717, 1.165) is 18.0 Å². The van der Waals surface area contributed by atoms with Crippen LogP contribution in [0, 0.1) is 0 Å². The first-order chi connectivity index (χ1) is 9.66. The van der Waals surface area contributed by atoms with Crippen LogP contribution in [0.1, 0.15) is 37.9 Å². The summed E-state index contributed by atoms with van der Waals surface area (Å²) in [6.45, 7) is 6.93. The summed E-state index contributed by atoms with van der Waals surface area (Å²) in [4.78, 5) is 4.31. The van der Waals surface area contributed by atoms with Crippen molar-refractivity contribution in [2.24, 2.45) is 0 Å². The molecule has 106 valence electrons. The van der Waals surface area contributed by atoms with Crippen LogP contribution in [0.3, 0.4) is 0 Å². The van der Waals surface area contributed by atoms with Gasteiger partial charge < -0.3 is 10.1 Å². The van der Waals surface area contributed by atoms with Crippen LogP contribution in [-0.4, -0.2) is 11.1 Å². The van der Waals surface area contributed by atoms with E-state index in [2.05, 4.69) is 47.6 Å². The summed E-state index contributed by atoms with van der Waals surface area (Å²) >= 11 is 0. The summed E-state index contributed by atoms with van der Waals surface area (Å²) in [5, 5.41) is 3.51. The molecule has 1 N–H and O–H groups in total. The molecule has 1 aromatic carbocycles. The molecule has 0 bridgehead atoms. The molecule has 2 aromatic rings. The smallest absolute Gasteiger partial charge is 0.218 e. The number of benzene rings is 1. The van der Waals surface area contributed by atoms with Crippen molar-refractivity contribution >= 4 is 0 Å². The minimum absolute atomic E-state index is 0.134. The summed E-state index contributed by atoms with van der Waals surface area (Å²) in [6.07, 6.45) is 1.90. The van der Waals surface area contributed by atoms with Crippen LogP contribution >= 0.6 is 0 Å². The molecule has 0 saturated heterocycles. The van der Waals surface area contributed by atoms with E-state index in [1.54, 1.807) is 6.20 Å². The summed E-state index contributed by atoms with van der Waals surface area (Å²) in [7, 11) is 0. The molecule has 0 aliphatic carbocycles. The number of hydrogen-bond donors (Lipinski definition) is 1. The van der Waals surface area contributed by atoms with Gasteiger partial charge in [-0.05, 0) is 32.4 Å². The second kappa shape index (κ2) is 7.06. The standard InChI is InChI=1S/C17H22N2O/c1-13(2)20-17-16(10-7-11-18-17)12-19-14(3)15-8-5-4-6-9-15/h4-11,13-14,19H,12H2,1-3H3. The number of pyridine rings is 1. The van der Waals surface area contributed by atoms with Crippen LogP contribution < -0.4 is 10.1 Å². The van der Waals surface area contributed by atoms with Gasteiger partial charge >= 0.3 is 0 Å². The average Bonchev–Trinajstić information content (AvgIpc) is 2.46. The first kappa shape index (κ1) is 14.5. The molecule has 0 radical (unpaired) electrons. The van der Waals surface area contributed by atoms with Crippen LogP contribution in [-0.2, 0) is 6.54 Å². The van der Waals surface area contributed by atoms with Gasteiger partial charge in [-0.2, -0.15) is 0 Å². The molecule has 3 heteroatoms. The molecule has 1 aromatic heterocycles. The largest absolute Gasteiger partial charge is 0.475 e. The Kier molecular flexibility index (Phi) is 5.13. The monoisotopic (exact) mass is 270 g/mol. The third-order valence-corrected chi connectivity index (χ3v) is 3.10. The Morgan fingerprint density at radius 1 is 1.05 bits per heavy atom. The zero-order valence-electron chi connectivity index (χ0n) is 12.3. The van der Waals surface area contributed by atoms with Gasteiger partial charge in [-0.25, -0.2) is 4.98 Å². The van der Waals surface area contributed by atoms with E-state index in [4.69, 9.17) is 4.74 Å². The van der Waals surface area contributed by atoms with E-state index in [0.29, 0.717) is 6.04 Å². The summed E-state index contributed by atoms with van der Waals surface area (Å²) < 4.78 is 5.73. The normalized spacial score (nSPS) is 12.4. The van der Waals surface area contributed by atoms with E-state index in [-0.39, 0.29) is 6.10 Å². The highest BCUT2D eigenvalue weighted by atomic mass is 16.5. The zero-order valence-corrected chi connectivity index (χ0v) is 12.3. The number of nitrogens with one attached hydrogen (secondary N) is 1. The summed E-state index contributed by atoms with van der Waals surface area (Å²) in [5.41, 5.74) is 2.37. The lowest BCUT2D eigenvalue weighted by Gasteiger charge is -2.17. The van der Waals surface area contributed by atoms with Crippen LogP contribution in [0.4, 0.5) is 0 Å². The van der Waals surface area contributed by atoms with Crippen molar-refractivity contribution in [1.82, 2.24) is 10.3 Å². The van der Waals surface area contributed by atoms with E-state index >= 15 is 0 Å². The number of ether oxygens (including phenoxy) is 1. The van der Waals surface area contributed by atoms with Crippen molar-refractivity contribution in [1.29, 1.82) is 0 Å². The molecule has 0 fully saturated rings. The maximum absolute atomic E-state index is 5.73. The van der Waals surface area contributed by atoms with Crippen LogP contribution in [0.5, 0.6) is 5.88 Å². The predicted octanol–water partition coefficient (Wildman–Crippen LogP) is 3.72. The maximum Gasteiger partial charge on any atom is 0.218 e. The number of hydrogen-bond acceptors (Lipinski definition) is 3. The molecular formula is C17H22N2O. The second-order valence-corrected chi connectivity index (χ2v) is 5.15. The van der Waals surface area contributed by atoms with Crippen molar-refractivity contribution in [3.05, 3.63) is 59.8 Å². The van der Waals surface area contributed by atoms with E-state index < -0.39 is 0 Å². The molecule has 1 atom stereocenters. The van der Waals surface area contributed by atoms with Crippen LogP contribution in [0.2, 0.25) is 0 Å². The molecule has 0 aliphatic rings. The minimum Gasteiger partial charge on any atom is -0.475 e. The lowest BCUT2D eigenvalue weighted by molar-refractivity contribution is 0.229.